The van der Waals surface area contributed by atoms with E-state index in [0.29, 0.717) is 29.7 Å². The smallest absolute Gasteiger partial charge is 0.269 e. The highest BCUT2D eigenvalue weighted by Crippen LogP contribution is 2.35. The number of pyridine rings is 2. The average molecular weight is 732 g/mol. The minimum absolute atomic E-state index is 0. The molecule has 0 saturated carbocycles. The van der Waals surface area contributed by atoms with Crippen LogP contribution in [0.3, 0.4) is 0 Å². The summed E-state index contributed by atoms with van der Waals surface area (Å²) in [6, 6.07) is 31.0. The molecule has 264 valence electrons. The van der Waals surface area contributed by atoms with Crippen LogP contribution < -0.4 is 15.0 Å². The quantitative estimate of drug-likeness (QED) is 0.161. The lowest BCUT2D eigenvalue weighted by Crippen LogP contribution is -2.43. The minimum atomic E-state index is -3.95. The predicted molar refractivity (Wildman–Crippen MR) is 207 cm³/mol. The number of halogens is 1. The zero-order valence-electron chi connectivity index (χ0n) is 28.6. The van der Waals surface area contributed by atoms with Crippen molar-refractivity contribution in [3.05, 3.63) is 145 Å². The SMILES string of the molecule is Cc1ccc(S(=O)(=O)n2cc(-c3cnn(Cc4cccc(OCc5ccccc5)c4)c3)c3cc(-c4ccc(N5CCNCC5)nc4)cnc32)cc1.Cl. The van der Waals surface area contributed by atoms with Gasteiger partial charge in [-0.15, -0.1) is 12.4 Å². The van der Waals surface area contributed by atoms with Gasteiger partial charge < -0.3 is 15.0 Å². The van der Waals surface area contributed by atoms with Crippen molar-refractivity contribution in [2.75, 3.05) is 31.1 Å². The molecule has 0 amide bonds. The normalized spacial score (nSPS) is 13.2. The molecule has 12 heteroatoms. The molecule has 1 saturated heterocycles. The van der Waals surface area contributed by atoms with E-state index in [1.807, 2.05) is 96.8 Å². The van der Waals surface area contributed by atoms with Crippen molar-refractivity contribution in [3.63, 3.8) is 0 Å². The molecule has 5 heterocycles. The molecule has 4 aromatic heterocycles. The molecule has 3 aromatic carbocycles. The zero-order valence-corrected chi connectivity index (χ0v) is 30.2. The third-order valence-electron chi connectivity index (χ3n) is 9.15. The highest BCUT2D eigenvalue weighted by Gasteiger charge is 2.24. The van der Waals surface area contributed by atoms with Crippen LogP contribution in [0, 0.1) is 6.92 Å². The maximum atomic E-state index is 14.0. The Morgan fingerprint density at radius 3 is 2.31 bits per heavy atom. The Morgan fingerprint density at radius 1 is 0.769 bits per heavy atom. The van der Waals surface area contributed by atoms with E-state index in [1.165, 1.54) is 3.97 Å². The summed E-state index contributed by atoms with van der Waals surface area (Å²) in [5.74, 6) is 1.72. The van der Waals surface area contributed by atoms with Crippen LogP contribution in [0.25, 0.3) is 33.3 Å². The lowest BCUT2D eigenvalue weighted by Gasteiger charge is -2.28. The standard InChI is InChI=1S/C40H37N7O3S.ClH/c1-29-10-13-36(14-11-29)51(48,49)47-27-38(37-21-33(23-43-40(37)47)32-12-15-39(42-22-32)45-18-16-41-17-19-45)34-24-44-46(26-34)25-31-8-5-9-35(20-31)50-28-30-6-3-2-4-7-30;/h2-15,20-24,26-27,41H,16-19,25,28H2,1H3;1H. The van der Waals surface area contributed by atoms with Crippen molar-refractivity contribution in [1.82, 2.24) is 29.0 Å². The number of hydrogen-bond donors (Lipinski definition) is 1. The van der Waals surface area contributed by atoms with Crippen molar-refractivity contribution in [2.24, 2.45) is 0 Å². The lowest BCUT2D eigenvalue weighted by molar-refractivity contribution is 0.306. The van der Waals surface area contributed by atoms with Crippen LogP contribution in [-0.2, 0) is 23.2 Å². The molecule has 0 spiro atoms. The number of nitrogens with one attached hydrogen (secondary N) is 1. The topological polar surface area (TPSA) is 107 Å². The van der Waals surface area contributed by atoms with E-state index < -0.39 is 10.0 Å². The first kappa shape index (κ1) is 34.9. The van der Waals surface area contributed by atoms with Gasteiger partial charge >= 0.3 is 0 Å². The van der Waals surface area contributed by atoms with Crippen LogP contribution in [0.5, 0.6) is 5.75 Å². The molecule has 0 aliphatic carbocycles. The fourth-order valence-corrected chi connectivity index (χ4v) is 7.69. The summed E-state index contributed by atoms with van der Waals surface area (Å²) < 4.78 is 37.3. The number of aryl methyl sites for hydroxylation is 1. The first-order chi connectivity index (χ1) is 24.9. The number of fused-ring (bicyclic) bond motifs is 1. The third-order valence-corrected chi connectivity index (χ3v) is 10.8. The largest absolute Gasteiger partial charge is 0.489 e. The van der Waals surface area contributed by atoms with Gasteiger partial charge in [0.2, 0.25) is 0 Å². The highest BCUT2D eigenvalue weighted by molar-refractivity contribution is 7.90. The molecule has 0 radical (unpaired) electrons. The zero-order chi connectivity index (χ0) is 34.8. The predicted octanol–water partition coefficient (Wildman–Crippen LogP) is 6.97. The van der Waals surface area contributed by atoms with Crippen molar-refractivity contribution in [2.45, 2.75) is 25.0 Å². The summed E-state index contributed by atoms with van der Waals surface area (Å²) in [6.07, 6.45) is 8.93. The van der Waals surface area contributed by atoms with E-state index in [0.717, 1.165) is 71.1 Å². The van der Waals surface area contributed by atoms with E-state index >= 15 is 0 Å². The summed E-state index contributed by atoms with van der Waals surface area (Å²) in [6.45, 7) is 6.61. The van der Waals surface area contributed by atoms with Crippen LogP contribution in [0.1, 0.15) is 16.7 Å². The number of hydrogen-bond acceptors (Lipinski definition) is 8. The molecule has 1 N–H and O–H groups in total. The van der Waals surface area contributed by atoms with Crippen molar-refractivity contribution in [3.8, 4) is 28.0 Å². The Labute approximate surface area is 309 Å². The van der Waals surface area contributed by atoms with E-state index in [9.17, 15) is 8.42 Å². The van der Waals surface area contributed by atoms with Gasteiger partial charge in [-0.05, 0) is 60.5 Å². The third kappa shape index (κ3) is 7.29. The summed E-state index contributed by atoms with van der Waals surface area (Å²) in [5.41, 5.74) is 6.68. The number of ether oxygens (including phenoxy) is 1. The van der Waals surface area contributed by atoms with Gasteiger partial charge in [0, 0.05) is 78.6 Å². The molecule has 1 fully saturated rings. The molecule has 0 atom stereocenters. The van der Waals surface area contributed by atoms with E-state index in [-0.39, 0.29) is 17.3 Å². The number of nitrogens with zero attached hydrogens (tertiary/aromatic N) is 6. The number of anilines is 1. The number of piperazine rings is 1. The first-order valence-corrected chi connectivity index (χ1v) is 18.4. The van der Waals surface area contributed by atoms with Gasteiger partial charge in [0.25, 0.3) is 10.0 Å². The Bertz CT molecular complexity index is 2410. The molecule has 7 aromatic rings. The molecule has 8 rings (SSSR count). The maximum Gasteiger partial charge on any atom is 0.269 e. The van der Waals surface area contributed by atoms with Gasteiger partial charge in [-0.2, -0.15) is 5.10 Å². The molecular formula is C40H38ClN7O3S. The van der Waals surface area contributed by atoms with Gasteiger partial charge in [-0.1, -0.05) is 60.2 Å². The highest BCUT2D eigenvalue weighted by atomic mass is 35.5. The van der Waals surface area contributed by atoms with E-state index in [2.05, 4.69) is 15.3 Å². The van der Waals surface area contributed by atoms with Crippen LogP contribution in [-0.4, -0.2) is 58.3 Å². The number of benzene rings is 3. The second kappa shape index (κ2) is 15.0. The van der Waals surface area contributed by atoms with E-state index in [1.54, 1.807) is 42.9 Å². The van der Waals surface area contributed by atoms with Gasteiger partial charge in [-0.25, -0.2) is 22.4 Å². The second-order valence-electron chi connectivity index (χ2n) is 12.7. The molecule has 0 bridgehead atoms. The van der Waals surface area contributed by atoms with Gasteiger partial charge in [-0.3, -0.25) is 4.68 Å². The molecule has 0 unspecified atom stereocenters. The van der Waals surface area contributed by atoms with Crippen LogP contribution in [0.15, 0.2) is 133 Å². The first-order valence-electron chi connectivity index (χ1n) is 16.9. The Morgan fingerprint density at radius 2 is 1.54 bits per heavy atom. The molecule has 10 nitrogen and oxygen atoms in total. The number of rotatable bonds is 10. The lowest BCUT2D eigenvalue weighted by atomic mass is 10.1. The maximum absolute atomic E-state index is 14.0. The summed E-state index contributed by atoms with van der Waals surface area (Å²) in [4.78, 5) is 12.0. The summed E-state index contributed by atoms with van der Waals surface area (Å²) in [7, 11) is -3.95. The Balaban J connectivity index is 0.00000420. The fourth-order valence-electron chi connectivity index (χ4n) is 6.36. The molecule has 1 aliphatic rings. The van der Waals surface area contributed by atoms with Crippen molar-refractivity contribution >= 4 is 39.3 Å². The Kier molecular flexibility index (Phi) is 10.1. The van der Waals surface area contributed by atoms with Crippen molar-refractivity contribution in [1.29, 1.82) is 0 Å². The monoisotopic (exact) mass is 731 g/mol. The van der Waals surface area contributed by atoms with Crippen molar-refractivity contribution < 1.29 is 13.2 Å². The van der Waals surface area contributed by atoms with Crippen LogP contribution in [0.4, 0.5) is 5.82 Å². The number of aromatic nitrogens is 5. The summed E-state index contributed by atoms with van der Waals surface area (Å²) in [5, 5.41) is 8.74. The average Bonchev–Trinajstić information content (AvgIpc) is 3.80. The molecular weight excluding hydrogens is 694 g/mol. The minimum Gasteiger partial charge on any atom is -0.489 e. The summed E-state index contributed by atoms with van der Waals surface area (Å²) >= 11 is 0. The van der Waals surface area contributed by atoms with Crippen LogP contribution in [0.2, 0.25) is 0 Å². The second-order valence-corrected chi connectivity index (χ2v) is 14.6. The van der Waals surface area contributed by atoms with Gasteiger partial charge in [0.1, 0.15) is 18.2 Å². The van der Waals surface area contributed by atoms with Gasteiger partial charge in [0.05, 0.1) is 17.6 Å². The molecule has 52 heavy (non-hydrogen) atoms. The Hall–Kier alpha value is -5.49. The fraction of sp³-hybridized carbons (Fsp3) is 0.175. The van der Waals surface area contributed by atoms with E-state index in [4.69, 9.17) is 14.7 Å². The van der Waals surface area contributed by atoms with Crippen LogP contribution >= 0.6 is 12.4 Å². The van der Waals surface area contributed by atoms with Gasteiger partial charge in [0.15, 0.2) is 5.65 Å². The molecule has 1 aliphatic heterocycles.